The van der Waals surface area contributed by atoms with Crippen LogP contribution in [-0.2, 0) is 9.59 Å². The van der Waals surface area contributed by atoms with Crippen molar-refractivity contribution in [2.45, 2.75) is 25.8 Å². The molecule has 2 aliphatic rings. The zero-order valence-electron chi connectivity index (χ0n) is 16.4. The average molecular weight is 448 g/mol. The van der Waals surface area contributed by atoms with E-state index in [0.29, 0.717) is 28.1 Å². The molecule has 3 heterocycles. The maximum atomic E-state index is 11.5. The summed E-state index contributed by atoms with van der Waals surface area (Å²) in [6, 6.07) is 1.83. The molecule has 2 aromatic rings. The first-order chi connectivity index (χ1) is 14.3. The summed E-state index contributed by atoms with van der Waals surface area (Å²) in [5.41, 5.74) is 6.51. The number of hydrogen-bond acceptors (Lipinski definition) is 8. The molecule has 1 aliphatic heterocycles. The molecule has 2 bridgehead atoms. The van der Waals surface area contributed by atoms with Crippen molar-refractivity contribution in [1.82, 2.24) is 20.5 Å². The normalized spacial score (nSPS) is 22.6. The second-order valence-corrected chi connectivity index (χ2v) is 8.98. The van der Waals surface area contributed by atoms with Gasteiger partial charge < -0.3 is 21.3 Å². The molecule has 9 nitrogen and oxygen atoms in total. The van der Waals surface area contributed by atoms with Gasteiger partial charge >= 0.3 is 0 Å². The quantitative estimate of drug-likeness (QED) is 0.456. The van der Waals surface area contributed by atoms with Crippen LogP contribution in [0.15, 0.2) is 24.5 Å². The number of carbonyl (C=O) groups is 2. The molecule has 4 rings (SSSR count). The molecule has 4 N–H and O–H groups in total. The third-order valence-corrected chi connectivity index (χ3v) is 6.80. The van der Waals surface area contributed by atoms with Crippen molar-refractivity contribution in [2.75, 3.05) is 23.3 Å². The highest BCUT2D eigenvalue weighted by Gasteiger charge is 2.43. The Balaban J connectivity index is 1.55. The number of anilines is 2. The maximum Gasteiger partial charge on any atom is 0.264 e. The van der Waals surface area contributed by atoms with Crippen LogP contribution in [0.3, 0.4) is 0 Å². The highest BCUT2D eigenvalue weighted by atomic mass is 35.5. The number of primary amides is 1. The highest BCUT2D eigenvalue weighted by Crippen LogP contribution is 2.41. The molecular formula is C19H22ClN7O2S. The van der Waals surface area contributed by atoms with Gasteiger partial charge in [0.05, 0.1) is 16.9 Å². The first-order valence-corrected chi connectivity index (χ1v) is 10.8. The number of carbonyl (C=O) groups excluding carboxylic acids is 2. The predicted octanol–water partition coefficient (Wildman–Crippen LogP) is 2.02. The standard InChI is InChI=1S/C19H22ClN7O2S/c1-9(17(21)29)23-14-5-15(20)22-6-13(14)18-25-26-19(30-18)27-7-11-3-4-12(8-27)16(11)24-10(2)28/h5-6,11-12,16H,1,3-4,7-8H2,2H3,(H2,21,29)(H,22,23)(H,24,28)/t11-,12-/m1/s1. The molecule has 2 atom stereocenters. The first-order valence-electron chi connectivity index (χ1n) is 9.59. The van der Waals surface area contributed by atoms with Crippen molar-refractivity contribution in [3.8, 4) is 10.6 Å². The average Bonchev–Trinajstić information content (AvgIpc) is 3.23. The van der Waals surface area contributed by atoms with Gasteiger partial charge in [-0.05, 0) is 30.7 Å². The summed E-state index contributed by atoms with van der Waals surface area (Å²) in [5.74, 6) is 0.183. The number of piperidine rings is 1. The number of halogens is 1. The molecule has 0 radical (unpaired) electrons. The van der Waals surface area contributed by atoms with Crippen LogP contribution in [0, 0.1) is 11.8 Å². The first kappa shape index (κ1) is 20.5. The molecule has 1 saturated carbocycles. The number of rotatable bonds is 6. The van der Waals surface area contributed by atoms with Crippen molar-refractivity contribution in [3.63, 3.8) is 0 Å². The van der Waals surface area contributed by atoms with Gasteiger partial charge in [0.25, 0.3) is 5.91 Å². The predicted molar refractivity (Wildman–Crippen MR) is 116 cm³/mol. The van der Waals surface area contributed by atoms with Gasteiger partial charge in [-0.25, -0.2) is 4.98 Å². The molecular weight excluding hydrogens is 426 g/mol. The van der Waals surface area contributed by atoms with Crippen molar-refractivity contribution >= 4 is 45.6 Å². The summed E-state index contributed by atoms with van der Waals surface area (Å²) in [7, 11) is 0. The summed E-state index contributed by atoms with van der Waals surface area (Å²) >= 11 is 7.46. The van der Waals surface area contributed by atoms with Crippen LogP contribution in [0.4, 0.5) is 10.8 Å². The lowest BCUT2D eigenvalue weighted by atomic mass is 9.92. The molecule has 2 fully saturated rings. The molecule has 30 heavy (non-hydrogen) atoms. The van der Waals surface area contributed by atoms with E-state index in [4.69, 9.17) is 17.3 Å². The Morgan fingerprint density at radius 2 is 2.00 bits per heavy atom. The zero-order chi connectivity index (χ0) is 21.4. The number of amides is 2. The fourth-order valence-corrected chi connectivity index (χ4v) is 5.27. The molecule has 1 saturated heterocycles. The van der Waals surface area contributed by atoms with Gasteiger partial charge in [-0.2, -0.15) is 0 Å². The molecule has 0 aromatic carbocycles. The minimum atomic E-state index is -0.663. The maximum absolute atomic E-state index is 11.5. The Labute approximate surface area is 182 Å². The van der Waals surface area contributed by atoms with E-state index in [0.717, 1.165) is 31.1 Å². The van der Waals surface area contributed by atoms with Crippen molar-refractivity contribution in [3.05, 3.63) is 29.7 Å². The molecule has 0 spiro atoms. The van der Waals surface area contributed by atoms with Gasteiger partial charge in [0.1, 0.15) is 5.15 Å². The largest absolute Gasteiger partial charge is 0.364 e. The molecule has 158 valence electrons. The van der Waals surface area contributed by atoms with Crippen LogP contribution in [-0.4, -0.2) is 46.1 Å². The lowest BCUT2D eigenvalue weighted by Crippen LogP contribution is -2.52. The topological polar surface area (TPSA) is 126 Å². The minimum absolute atomic E-state index is 0.0244. The van der Waals surface area contributed by atoms with Crippen molar-refractivity contribution < 1.29 is 9.59 Å². The van der Waals surface area contributed by atoms with E-state index >= 15 is 0 Å². The Kier molecular flexibility index (Phi) is 5.61. The van der Waals surface area contributed by atoms with E-state index in [2.05, 4.69) is 37.3 Å². The molecule has 11 heteroatoms. The number of aromatic nitrogens is 3. The summed E-state index contributed by atoms with van der Waals surface area (Å²) in [5, 5.41) is 16.4. The van der Waals surface area contributed by atoms with Gasteiger partial charge in [-0.3, -0.25) is 9.59 Å². The molecule has 1 aliphatic carbocycles. The fraction of sp³-hybridized carbons (Fsp3) is 0.421. The van der Waals surface area contributed by atoms with Crippen LogP contribution in [0.25, 0.3) is 10.6 Å². The number of nitrogens with zero attached hydrogens (tertiary/aromatic N) is 4. The number of pyridine rings is 1. The van der Waals surface area contributed by atoms with Gasteiger partial charge in [-0.1, -0.05) is 29.5 Å². The summed E-state index contributed by atoms with van der Waals surface area (Å²) in [6.45, 7) is 6.86. The summed E-state index contributed by atoms with van der Waals surface area (Å²) in [6.07, 6.45) is 3.78. The number of nitrogens with two attached hydrogens (primary N) is 1. The highest BCUT2D eigenvalue weighted by molar-refractivity contribution is 7.18. The van der Waals surface area contributed by atoms with Crippen molar-refractivity contribution in [2.24, 2.45) is 17.6 Å². The van der Waals surface area contributed by atoms with Gasteiger partial charge in [0, 0.05) is 32.3 Å². The summed E-state index contributed by atoms with van der Waals surface area (Å²) < 4.78 is 0. The van der Waals surface area contributed by atoms with E-state index in [1.807, 2.05) is 0 Å². The number of nitrogens with one attached hydrogen (secondary N) is 2. The monoisotopic (exact) mass is 447 g/mol. The van der Waals surface area contributed by atoms with Crippen LogP contribution in [0.2, 0.25) is 5.15 Å². The molecule has 2 aromatic heterocycles. The lowest BCUT2D eigenvalue weighted by Gasteiger charge is -2.37. The van der Waals surface area contributed by atoms with Gasteiger partial charge in [-0.15, -0.1) is 10.2 Å². The van der Waals surface area contributed by atoms with Crippen LogP contribution >= 0.6 is 22.9 Å². The van der Waals surface area contributed by atoms with E-state index in [1.165, 1.54) is 11.3 Å². The van der Waals surface area contributed by atoms with Gasteiger partial charge in [0.2, 0.25) is 11.0 Å². The molecule has 0 unspecified atom stereocenters. The SMILES string of the molecule is C=C(Nc1cc(Cl)ncc1-c1nnc(N2C[C@H]3CC[C@H](C2)C3NC(C)=O)s1)C(N)=O. The van der Waals surface area contributed by atoms with Crippen molar-refractivity contribution in [1.29, 1.82) is 0 Å². The number of fused-ring (bicyclic) bond motifs is 2. The second-order valence-electron chi connectivity index (χ2n) is 7.64. The van der Waals surface area contributed by atoms with E-state index in [1.54, 1.807) is 19.2 Å². The van der Waals surface area contributed by atoms with Crippen LogP contribution in [0.1, 0.15) is 19.8 Å². The number of hydrogen-bond donors (Lipinski definition) is 3. The Morgan fingerprint density at radius 3 is 2.63 bits per heavy atom. The Morgan fingerprint density at radius 1 is 1.30 bits per heavy atom. The van der Waals surface area contributed by atoms with Crippen LogP contribution in [0.5, 0.6) is 0 Å². The van der Waals surface area contributed by atoms with E-state index in [9.17, 15) is 9.59 Å². The Bertz CT molecular complexity index is 997. The zero-order valence-corrected chi connectivity index (χ0v) is 18.0. The third-order valence-electron chi connectivity index (χ3n) is 5.57. The fourth-order valence-electron chi connectivity index (χ4n) is 4.23. The lowest BCUT2D eigenvalue weighted by molar-refractivity contribution is -0.120. The van der Waals surface area contributed by atoms with E-state index in [-0.39, 0.29) is 22.8 Å². The van der Waals surface area contributed by atoms with Crippen LogP contribution < -0.4 is 21.3 Å². The van der Waals surface area contributed by atoms with E-state index < -0.39 is 5.91 Å². The summed E-state index contributed by atoms with van der Waals surface area (Å²) in [4.78, 5) is 29.2. The second kappa shape index (κ2) is 8.19. The smallest absolute Gasteiger partial charge is 0.264 e. The minimum Gasteiger partial charge on any atom is -0.364 e. The Hall–Kier alpha value is -2.72. The molecule has 2 amide bonds. The van der Waals surface area contributed by atoms with Gasteiger partial charge in [0.15, 0.2) is 5.01 Å². The third kappa shape index (κ3) is 4.10.